The van der Waals surface area contributed by atoms with Crippen molar-refractivity contribution in [3.63, 3.8) is 0 Å². The topological polar surface area (TPSA) is 36.4 Å². The maximum Gasteiger partial charge on any atom is 0.405 e. The third-order valence-corrected chi connectivity index (χ3v) is 3.32. The van der Waals surface area contributed by atoms with Gasteiger partial charge < -0.3 is 10.0 Å². The normalized spacial score (nSPS) is 12.2. The van der Waals surface area contributed by atoms with Crippen molar-refractivity contribution in [1.82, 2.24) is 4.98 Å². The lowest BCUT2D eigenvalue weighted by Crippen LogP contribution is -2.30. The minimum absolute atomic E-state index is 0.0847. The van der Waals surface area contributed by atoms with E-state index in [1.165, 1.54) is 7.05 Å². The molecule has 1 heterocycles. The highest BCUT2D eigenvalue weighted by Crippen LogP contribution is 2.31. The molecule has 0 bridgehead atoms. The summed E-state index contributed by atoms with van der Waals surface area (Å²) in [4.78, 5) is 5.83. The average molecular weight is 268 g/mol. The van der Waals surface area contributed by atoms with Crippen molar-refractivity contribution in [2.45, 2.75) is 32.5 Å². The highest BCUT2D eigenvalue weighted by atomic mass is 32.1. The first kappa shape index (κ1) is 14.2. The highest BCUT2D eigenvalue weighted by Gasteiger charge is 2.30. The molecular formula is C10H15F3N2OS. The zero-order valence-electron chi connectivity index (χ0n) is 9.88. The van der Waals surface area contributed by atoms with Crippen LogP contribution in [0.3, 0.4) is 0 Å². The fraction of sp³-hybridized carbons (Fsp3) is 0.700. The third kappa shape index (κ3) is 3.85. The van der Waals surface area contributed by atoms with Gasteiger partial charge in [0.05, 0.1) is 17.2 Å². The number of aliphatic hydroxyl groups excluding tert-OH is 1. The molecule has 0 amide bonds. The van der Waals surface area contributed by atoms with Crippen LogP contribution in [-0.4, -0.2) is 29.9 Å². The maximum absolute atomic E-state index is 12.2. The summed E-state index contributed by atoms with van der Waals surface area (Å²) in [5.74, 6) is 0.0847. The minimum atomic E-state index is -4.25. The van der Waals surface area contributed by atoms with Crippen molar-refractivity contribution in [3.05, 3.63) is 10.6 Å². The molecule has 3 nitrogen and oxygen atoms in total. The van der Waals surface area contributed by atoms with Gasteiger partial charge in [0.25, 0.3) is 0 Å². The molecule has 17 heavy (non-hydrogen) atoms. The van der Waals surface area contributed by atoms with Crippen LogP contribution >= 0.6 is 11.3 Å². The molecule has 1 rings (SSSR count). The molecule has 0 aromatic carbocycles. The molecule has 0 aliphatic rings. The Labute approximate surface area is 102 Å². The van der Waals surface area contributed by atoms with Gasteiger partial charge in [-0.2, -0.15) is 13.2 Å². The molecule has 7 heteroatoms. The monoisotopic (exact) mass is 268 g/mol. The second kappa shape index (κ2) is 5.22. The zero-order valence-corrected chi connectivity index (χ0v) is 10.7. The van der Waals surface area contributed by atoms with Gasteiger partial charge >= 0.3 is 6.18 Å². The molecule has 1 aromatic rings. The van der Waals surface area contributed by atoms with E-state index >= 15 is 0 Å². The van der Waals surface area contributed by atoms with Gasteiger partial charge in [0.1, 0.15) is 6.54 Å². The van der Waals surface area contributed by atoms with Crippen molar-refractivity contribution < 1.29 is 18.3 Å². The molecular weight excluding hydrogens is 253 g/mol. The minimum Gasteiger partial charge on any atom is -0.391 e. The molecule has 1 N–H and O–H groups in total. The standard InChI is InChI=1S/C10H15F3N2OS/c1-6(2)8-7(4-16)17-9(14-8)15(3)5-10(11,12)13/h6,16H,4-5H2,1-3H3. The van der Waals surface area contributed by atoms with E-state index in [1.807, 2.05) is 13.8 Å². The van der Waals surface area contributed by atoms with Gasteiger partial charge in [0.2, 0.25) is 0 Å². The molecule has 0 aliphatic carbocycles. The Hall–Kier alpha value is -0.820. The number of halogens is 3. The number of aliphatic hydroxyl groups is 1. The first-order chi connectivity index (χ1) is 7.74. The molecule has 0 atom stereocenters. The summed E-state index contributed by atoms with van der Waals surface area (Å²) in [6.45, 7) is 2.55. The third-order valence-electron chi connectivity index (χ3n) is 2.15. The first-order valence-corrected chi connectivity index (χ1v) is 5.94. The SMILES string of the molecule is CC(C)c1nc(N(C)CC(F)(F)F)sc1CO. The Morgan fingerprint density at radius 2 is 2.00 bits per heavy atom. The van der Waals surface area contributed by atoms with Crippen LogP contribution in [0.1, 0.15) is 30.3 Å². The summed E-state index contributed by atoms with van der Waals surface area (Å²) < 4.78 is 36.7. The summed E-state index contributed by atoms with van der Waals surface area (Å²) in [6, 6.07) is 0. The fourth-order valence-electron chi connectivity index (χ4n) is 1.41. The van der Waals surface area contributed by atoms with Crippen LogP contribution in [-0.2, 0) is 6.61 Å². The van der Waals surface area contributed by atoms with E-state index in [0.29, 0.717) is 10.6 Å². The lowest BCUT2D eigenvalue weighted by Gasteiger charge is -2.17. The molecule has 0 saturated carbocycles. The number of thiazole rings is 1. The van der Waals surface area contributed by atoms with Gasteiger partial charge in [-0.3, -0.25) is 0 Å². The lowest BCUT2D eigenvalue weighted by atomic mass is 10.1. The van der Waals surface area contributed by atoms with Crippen LogP contribution in [0.25, 0.3) is 0 Å². The van der Waals surface area contributed by atoms with Gasteiger partial charge in [-0.15, -0.1) is 0 Å². The molecule has 0 spiro atoms. The molecule has 0 radical (unpaired) electrons. The molecule has 0 saturated heterocycles. The van der Waals surface area contributed by atoms with Gasteiger partial charge in [0, 0.05) is 7.05 Å². The van der Waals surface area contributed by atoms with Crippen LogP contribution in [0, 0.1) is 0 Å². The number of alkyl halides is 3. The Morgan fingerprint density at radius 3 is 2.35 bits per heavy atom. The molecule has 98 valence electrons. The van der Waals surface area contributed by atoms with Crippen LogP contribution in [0.15, 0.2) is 0 Å². The van der Waals surface area contributed by atoms with Crippen LogP contribution in [0.5, 0.6) is 0 Å². The second-order valence-corrected chi connectivity index (χ2v) is 5.15. The predicted molar refractivity (Wildman–Crippen MR) is 61.5 cm³/mol. The van der Waals surface area contributed by atoms with Gasteiger partial charge in [-0.05, 0) is 5.92 Å². The van der Waals surface area contributed by atoms with Crippen LogP contribution in [0.2, 0.25) is 0 Å². The van der Waals surface area contributed by atoms with E-state index in [-0.39, 0.29) is 17.7 Å². The summed E-state index contributed by atoms with van der Waals surface area (Å²) in [5.41, 5.74) is 0.668. The van der Waals surface area contributed by atoms with Crippen molar-refractivity contribution in [1.29, 1.82) is 0 Å². The van der Waals surface area contributed by atoms with E-state index in [1.54, 1.807) is 0 Å². The van der Waals surface area contributed by atoms with E-state index in [0.717, 1.165) is 16.2 Å². The lowest BCUT2D eigenvalue weighted by molar-refractivity contribution is -0.119. The number of anilines is 1. The molecule has 0 fully saturated rings. The smallest absolute Gasteiger partial charge is 0.391 e. The predicted octanol–water partition coefficient (Wildman–Crippen LogP) is 2.76. The fourth-order valence-corrected chi connectivity index (χ4v) is 2.45. The zero-order chi connectivity index (χ0) is 13.2. The summed E-state index contributed by atoms with van der Waals surface area (Å²) >= 11 is 1.10. The number of hydrogen-bond acceptors (Lipinski definition) is 4. The Balaban J connectivity index is 2.92. The summed E-state index contributed by atoms with van der Waals surface area (Å²) in [7, 11) is 1.34. The first-order valence-electron chi connectivity index (χ1n) is 5.13. The Bertz CT molecular complexity index is 376. The van der Waals surface area contributed by atoms with Gasteiger partial charge in [0.15, 0.2) is 5.13 Å². The molecule has 0 aliphatic heterocycles. The maximum atomic E-state index is 12.2. The van der Waals surface area contributed by atoms with Crippen molar-refractivity contribution in [2.75, 3.05) is 18.5 Å². The number of aromatic nitrogens is 1. The second-order valence-electron chi connectivity index (χ2n) is 4.09. The van der Waals surface area contributed by atoms with Gasteiger partial charge in [-0.1, -0.05) is 25.2 Å². The number of nitrogens with zero attached hydrogens (tertiary/aromatic N) is 2. The van der Waals surface area contributed by atoms with Crippen LogP contribution in [0.4, 0.5) is 18.3 Å². The largest absolute Gasteiger partial charge is 0.405 e. The quantitative estimate of drug-likeness (QED) is 0.912. The van der Waals surface area contributed by atoms with E-state index in [4.69, 9.17) is 5.11 Å². The molecule has 1 aromatic heterocycles. The summed E-state index contributed by atoms with van der Waals surface area (Å²) in [6.07, 6.45) is -4.25. The van der Waals surface area contributed by atoms with Crippen molar-refractivity contribution in [3.8, 4) is 0 Å². The van der Waals surface area contributed by atoms with E-state index < -0.39 is 12.7 Å². The Kier molecular flexibility index (Phi) is 4.37. The number of hydrogen-bond donors (Lipinski definition) is 1. The van der Waals surface area contributed by atoms with E-state index in [2.05, 4.69) is 4.98 Å². The van der Waals surface area contributed by atoms with Crippen molar-refractivity contribution in [2.24, 2.45) is 0 Å². The Morgan fingerprint density at radius 1 is 1.41 bits per heavy atom. The number of rotatable bonds is 4. The van der Waals surface area contributed by atoms with Gasteiger partial charge in [-0.25, -0.2) is 4.98 Å². The van der Waals surface area contributed by atoms with Crippen LogP contribution < -0.4 is 4.90 Å². The molecule has 0 unspecified atom stereocenters. The average Bonchev–Trinajstić information content (AvgIpc) is 2.58. The summed E-state index contributed by atoms with van der Waals surface area (Å²) in [5, 5.41) is 9.41. The van der Waals surface area contributed by atoms with E-state index in [9.17, 15) is 13.2 Å². The highest BCUT2D eigenvalue weighted by molar-refractivity contribution is 7.15. The van der Waals surface area contributed by atoms with Crippen molar-refractivity contribution >= 4 is 16.5 Å².